The SMILES string of the molecule is OCCOCCNC1=NCCC1. The Morgan fingerprint density at radius 3 is 3.08 bits per heavy atom. The summed E-state index contributed by atoms with van der Waals surface area (Å²) in [5.74, 6) is 1.10. The Morgan fingerprint density at radius 2 is 2.42 bits per heavy atom. The van der Waals surface area contributed by atoms with Crippen molar-refractivity contribution in [3.63, 3.8) is 0 Å². The number of amidine groups is 1. The Bertz CT molecular complexity index is 148. The number of hydrogen-bond acceptors (Lipinski definition) is 4. The van der Waals surface area contributed by atoms with E-state index in [4.69, 9.17) is 9.84 Å². The number of hydrogen-bond donors (Lipinski definition) is 2. The van der Waals surface area contributed by atoms with Crippen molar-refractivity contribution >= 4 is 5.84 Å². The third-order valence-corrected chi connectivity index (χ3v) is 1.69. The summed E-state index contributed by atoms with van der Waals surface area (Å²) in [6, 6.07) is 0. The van der Waals surface area contributed by atoms with E-state index in [1.165, 1.54) is 6.42 Å². The lowest BCUT2D eigenvalue weighted by Gasteiger charge is -2.05. The van der Waals surface area contributed by atoms with Crippen LogP contribution < -0.4 is 5.32 Å². The molecule has 1 aliphatic heterocycles. The Morgan fingerprint density at radius 1 is 1.50 bits per heavy atom. The van der Waals surface area contributed by atoms with Gasteiger partial charge in [0, 0.05) is 19.5 Å². The zero-order valence-electron chi connectivity index (χ0n) is 7.25. The number of aliphatic hydroxyl groups is 1. The first-order valence-electron chi connectivity index (χ1n) is 4.39. The van der Waals surface area contributed by atoms with E-state index in [1.807, 2.05) is 0 Å². The summed E-state index contributed by atoms with van der Waals surface area (Å²) >= 11 is 0. The van der Waals surface area contributed by atoms with Gasteiger partial charge in [-0.25, -0.2) is 0 Å². The monoisotopic (exact) mass is 172 g/mol. The highest BCUT2D eigenvalue weighted by atomic mass is 16.5. The van der Waals surface area contributed by atoms with Crippen LogP contribution >= 0.6 is 0 Å². The molecule has 0 saturated heterocycles. The Labute approximate surface area is 72.6 Å². The topological polar surface area (TPSA) is 53.9 Å². The van der Waals surface area contributed by atoms with E-state index < -0.39 is 0 Å². The lowest BCUT2D eigenvalue weighted by atomic mass is 10.3. The molecule has 1 rings (SSSR count). The highest BCUT2D eigenvalue weighted by Crippen LogP contribution is 2.00. The summed E-state index contributed by atoms with van der Waals surface area (Å²) in [5.41, 5.74) is 0. The van der Waals surface area contributed by atoms with Crippen LogP contribution in [0.4, 0.5) is 0 Å². The molecule has 70 valence electrons. The van der Waals surface area contributed by atoms with Gasteiger partial charge in [0.1, 0.15) is 0 Å². The molecule has 4 nitrogen and oxygen atoms in total. The molecule has 1 heterocycles. The van der Waals surface area contributed by atoms with Crippen molar-refractivity contribution in [2.24, 2.45) is 4.99 Å². The predicted molar refractivity (Wildman–Crippen MR) is 47.4 cm³/mol. The summed E-state index contributed by atoms with van der Waals surface area (Å²) in [4.78, 5) is 4.25. The van der Waals surface area contributed by atoms with Crippen LogP contribution in [-0.4, -0.2) is 43.9 Å². The molecule has 2 N–H and O–H groups in total. The molecule has 0 saturated carbocycles. The molecule has 0 radical (unpaired) electrons. The Balaban J connectivity index is 1.88. The van der Waals surface area contributed by atoms with Crippen LogP contribution in [0.15, 0.2) is 4.99 Å². The van der Waals surface area contributed by atoms with Gasteiger partial charge in [0.15, 0.2) is 0 Å². The molecule has 0 aromatic carbocycles. The largest absolute Gasteiger partial charge is 0.394 e. The van der Waals surface area contributed by atoms with Crippen LogP contribution in [0, 0.1) is 0 Å². The van der Waals surface area contributed by atoms with Gasteiger partial charge in [-0.3, -0.25) is 4.99 Å². The van der Waals surface area contributed by atoms with Crippen LogP contribution in [0.2, 0.25) is 0 Å². The molecular formula is C8H16N2O2. The zero-order chi connectivity index (χ0) is 8.65. The number of rotatable bonds is 5. The molecule has 0 aromatic heterocycles. The standard InChI is InChI=1S/C8H16N2O2/c11-5-7-12-6-4-10-8-2-1-3-9-8/h11H,1-7H2,(H,9,10). The van der Waals surface area contributed by atoms with Crippen LogP contribution in [-0.2, 0) is 4.74 Å². The fraction of sp³-hybridized carbons (Fsp3) is 0.875. The van der Waals surface area contributed by atoms with Gasteiger partial charge >= 0.3 is 0 Å². The summed E-state index contributed by atoms with van der Waals surface area (Å²) < 4.78 is 5.08. The second-order valence-corrected chi connectivity index (χ2v) is 2.69. The van der Waals surface area contributed by atoms with Crippen molar-refractivity contribution in [3.05, 3.63) is 0 Å². The number of nitrogens with one attached hydrogen (secondary N) is 1. The summed E-state index contributed by atoms with van der Waals surface area (Å²) in [7, 11) is 0. The van der Waals surface area contributed by atoms with Crippen LogP contribution in [0.3, 0.4) is 0 Å². The zero-order valence-corrected chi connectivity index (χ0v) is 7.25. The Hall–Kier alpha value is -0.610. The molecule has 0 aliphatic carbocycles. The molecule has 1 aliphatic rings. The van der Waals surface area contributed by atoms with E-state index in [9.17, 15) is 0 Å². The van der Waals surface area contributed by atoms with Gasteiger partial charge in [0.25, 0.3) is 0 Å². The van der Waals surface area contributed by atoms with E-state index in [-0.39, 0.29) is 6.61 Å². The molecule has 0 aromatic rings. The number of aliphatic hydroxyl groups excluding tert-OH is 1. The third kappa shape index (κ3) is 3.69. The van der Waals surface area contributed by atoms with E-state index in [0.717, 1.165) is 25.3 Å². The minimum atomic E-state index is 0.0982. The quantitative estimate of drug-likeness (QED) is 0.564. The second-order valence-electron chi connectivity index (χ2n) is 2.69. The maximum atomic E-state index is 8.41. The van der Waals surface area contributed by atoms with Gasteiger partial charge in [-0.05, 0) is 6.42 Å². The molecule has 0 fully saturated rings. The van der Waals surface area contributed by atoms with Crippen molar-refractivity contribution in [2.45, 2.75) is 12.8 Å². The van der Waals surface area contributed by atoms with Gasteiger partial charge < -0.3 is 15.2 Å². The molecule has 0 spiro atoms. The van der Waals surface area contributed by atoms with Crippen LogP contribution in [0.25, 0.3) is 0 Å². The van der Waals surface area contributed by atoms with Crippen LogP contribution in [0.1, 0.15) is 12.8 Å². The number of aliphatic imine (C=N–C) groups is 1. The first-order chi connectivity index (χ1) is 5.93. The van der Waals surface area contributed by atoms with Gasteiger partial charge in [0.2, 0.25) is 0 Å². The van der Waals surface area contributed by atoms with Crippen LogP contribution in [0.5, 0.6) is 0 Å². The summed E-state index contributed by atoms with van der Waals surface area (Å²) in [5, 5.41) is 11.6. The molecule has 12 heavy (non-hydrogen) atoms. The van der Waals surface area contributed by atoms with E-state index in [0.29, 0.717) is 13.2 Å². The van der Waals surface area contributed by atoms with E-state index in [2.05, 4.69) is 10.3 Å². The smallest absolute Gasteiger partial charge is 0.0964 e. The predicted octanol–water partition coefficient (Wildman–Crippen LogP) is -0.223. The molecule has 0 unspecified atom stereocenters. The maximum absolute atomic E-state index is 8.41. The lowest BCUT2D eigenvalue weighted by Crippen LogP contribution is -2.26. The Kier molecular flexibility index (Phi) is 4.71. The maximum Gasteiger partial charge on any atom is 0.0964 e. The first kappa shape index (κ1) is 9.48. The molecule has 4 heteroatoms. The van der Waals surface area contributed by atoms with E-state index >= 15 is 0 Å². The molecule has 0 atom stereocenters. The van der Waals surface area contributed by atoms with Crippen molar-refractivity contribution in [1.29, 1.82) is 0 Å². The fourth-order valence-electron chi connectivity index (χ4n) is 1.12. The minimum absolute atomic E-state index is 0.0982. The average molecular weight is 172 g/mol. The van der Waals surface area contributed by atoms with Crippen molar-refractivity contribution in [2.75, 3.05) is 32.9 Å². The van der Waals surface area contributed by atoms with Crippen molar-refractivity contribution in [1.82, 2.24) is 5.32 Å². The first-order valence-corrected chi connectivity index (χ1v) is 4.39. The van der Waals surface area contributed by atoms with Gasteiger partial charge in [0.05, 0.1) is 25.7 Å². The summed E-state index contributed by atoms with van der Waals surface area (Å²) in [6.45, 7) is 2.91. The second kappa shape index (κ2) is 5.97. The third-order valence-electron chi connectivity index (χ3n) is 1.69. The lowest BCUT2D eigenvalue weighted by molar-refractivity contribution is 0.0958. The van der Waals surface area contributed by atoms with E-state index in [1.54, 1.807) is 0 Å². The number of ether oxygens (including phenoxy) is 1. The molecular weight excluding hydrogens is 156 g/mol. The summed E-state index contributed by atoms with van der Waals surface area (Å²) in [6.07, 6.45) is 2.24. The van der Waals surface area contributed by atoms with Gasteiger partial charge in [-0.15, -0.1) is 0 Å². The average Bonchev–Trinajstić information content (AvgIpc) is 2.57. The fourth-order valence-corrected chi connectivity index (χ4v) is 1.12. The molecule has 0 amide bonds. The van der Waals surface area contributed by atoms with Gasteiger partial charge in [-0.2, -0.15) is 0 Å². The van der Waals surface area contributed by atoms with Crippen molar-refractivity contribution < 1.29 is 9.84 Å². The highest BCUT2D eigenvalue weighted by molar-refractivity contribution is 5.83. The highest BCUT2D eigenvalue weighted by Gasteiger charge is 2.03. The number of nitrogens with zero attached hydrogens (tertiary/aromatic N) is 1. The minimum Gasteiger partial charge on any atom is -0.394 e. The molecule has 0 bridgehead atoms. The van der Waals surface area contributed by atoms with Crippen molar-refractivity contribution in [3.8, 4) is 0 Å². The normalized spacial score (nSPS) is 16.2. The van der Waals surface area contributed by atoms with Gasteiger partial charge in [-0.1, -0.05) is 0 Å².